The molecule has 180 valence electrons. The van der Waals surface area contributed by atoms with Crippen molar-refractivity contribution in [3.63, 3.8) is 0 Å². The summed E-state index contributed by atoms with van der Waals surface area (Å²) in [5.74, 6) is 0.416. The minimum atomic E-state index is -0.560. The molecule has 0 aliphatic rings. The van der Waals surface area contributed by atoms with E-state index in [9.17, 15) is 14.0 Å². The summed E-state index contributed by atoms with van der Waals surface area (Å²) in [5, 5.41) is 8.00. The van der Waals surface area contributed by atoms with Crippen molar-refractivity contribution < 1.29 is 18.7 Å². The number of amides is 3. The van der Waals surface area contributed by atoms with Crippen molar-refractivity contribution in [2.75, 3.05) is 23.7 Å². The first kappa shape index (κ1) is 24.1. The van der Waals surface area contributed by atoms with E-state index < -0.39 is 11.8 Å². The number of nitrogens with two attached hydrogens (primary N) is 1. The average Bonchev–Trinajstić information content (AvgIpc) is 3.28. The molecule has 5 N–H and O–H groups in total. The van der Waals surface area contributed by atoms with Gasteiger partial charge < -0.3 is 26.4 Å². The van der Waals surface area contributed by atoms with Gasteiger partial charge in [-0.25, -0.2) is 9.18 Å². The maximum atomic E-state index is 13.9. The Hall–Kier alpha value is -4.02. The van der Waals surface area contributed by atoms with Crippen LogP contribution in [-0.4, -0.2) is 30.0 Å². The van der Waals surface area contributed by atoms with E-state index in [4.69, 9.17) is 10.5 Å². The maximum absolute atomic E-state index is 13.9. The summed E-state index contributed by atoms with van der Waals surface area (Å²) in [6.45, 7) is 2.84. The summed E-state index contributed by atoms with van der Waals surface area (Å²) in [6, 6.07) is 14.1. The van der Waals surface area contributed by atoms with Crippen molar-refractivity contribution in [2.45, 2.75) is 13.3 Å². The average molecular weight is 494 g/mol. The third kappa shape index (κ3) is 6.11. The number of rotatable bonds is 8. The van der Waals surface area contributed by atoms with Crippen LogP contribution in [0.4, 0.5) is 20.6 Å². The van der Waals surface area contributed by atoms with E-state index in [2.05, 4.69) is 20.9 Å². The Bertz CT molecular complexity index is 1360. The van der Waals surface area contributed by atoms with Gasteiger partial charge in [0.05, 0.1) is 20.8 Å². The quantitative estimate of drug-likeness (QED) is 0.250. The predicted molar refractivity (Wildman–Crippen MR) is 136 cm³/mol. The molecule has 0 atom stereocenters. The van der Waals surface area contributed by atoms with Crippen molar-refractivity contribution in [1.82, 2.24) is 10.3 Å². The first-order valence-corrected chi connectivity index (χ1v) is 11.7. The largest absolute Gasteiger partial charge is 0.456 e. The van der Waals surface area contributed by atoms with E-state index >= 15 is 0 Å². The monoisotopic (exact) mass is 493 g/mol. The fourth-order valence-electron chi connectivity index (χ4n) is 3.25. The summed E-state index contributed by atoms with van der Waals surface area (Å²) in [7, 11) is 0. The number of hydrogen-bond donors (Lipinski definition) is 4. The van der Waals surface area contributed by atoms with E-state index in [1.165, 1.54) is 17.4 Å². The lowest BCUT2D eigenvalue weighted by Crippen LogP contribution is -2.25. The number of carbonyl (C=O) groups excluding carboxylic acids is 2. The minimum Gasteiger partial charge on any atom is -0.456 e. The van der Waals surface area contributed by atoms with Gasteiger partial charge in [-0.2, -0.15) is 0 Å². The van der Waals surface area contributed by atoms with E-state index in [0.717, 1.165) is 10.3 Å². The van der Waals surface area contributed by atoms with Crippen LogP contribution < -0.4 is 26.4 Å². The number of thiophene rings is 1. The van der Waals surface area contributed by atoms with Crippen LogP contribution in [-0.2, 0) is 0 Å². The normalized spacial score (nSPS) is 10.7. The molecule has 2 aromatic heterocycles. The predicted octanol–water partition coefficient (Wildman–Crippen LogP) is 5.26. The van der Waals surface area contributed by atoms with Crippen molar-refractivity contribution >= 4 is 44.9 Å². The highest BCUT2D eigenvalue weighted by Crippen LogP contribution is 2.35. The summed E-state index contributed by atoms with van der Waals surface area (Å²) < 4.78 is 20.6. The van der Waals surface area contributed by atoms with Gasteiger partial charge in [0, 0.05) is 24.5 Å². The number of fused-ring (bicyclic) bond motifs is 1. The highest BCUT2D eigenvalue weighted by Gasteiger charge is 2.14. The van der Waals surface area contributed by atoms with Crippen molar-refractivity contribution in [1.29, 1.82) is 0 Å². The van der Waals surface area contributed by atoms with Gasteiger partial charge in [0.2, 0.25) is 0 Å². The van der Waals surface area contributed by atoms with Crippen molar-refractivity contribution in [3.05, 3.63) is 77.1 Å². The number of anilines is 2. The van der Waals surface area contributed by atoms with Gasteiger partial charge in [-0.1, -0.05) is 6.07 Å². The number of aryl methyl sites for hydroxylation is 1. The number of aromatic nitrogens is 1. The highest BCUT2D eigenvalue weighted by atomic mass is 32.1. The number of carbonyl (C=O) groups is 2. The van der Waals surface area contributed by atoms with Crippen LogP contribution in [0, 0.1) is 12.7 Å². The lowest BCUT2D eigenvalue weighted by atomic mass is 10.2. The molecule has 0 spiro atoms. The highest BCUT2D eigenvalue weighted by molar-refractivity contribution is 7.21. The van der Waals surface area contributed by atoms with Gasteiger partial charge in [0.25, 0.3) is 5.91 Å². The number of nitrogens with one attached hydrogen (secondary N) is 3. The third-order valence-electron chi connectivity index (χ3n) is 4.98. The molecule has 0 radical (unpaired) electrons. The Balaban J connectivity index is 1.41. The lowest BCUT2D eigenvalue weighted by molar-refractivity contribution is 0.0957. The number of halogens is 1. The Kier molecular flexibility index (Phi) is 7.54. The summed E-state index contributed by atoms with van der Waals surface area (Å²) in [4.78, 5) is 29.5. The second-order valence-electron chi connectivity index (χ2n) is 7.72. The second-order valence-corrected chi connectivity index (χ2v) is 8.77. The smallest absolute Gasteiger partial charge is 0.323 e. The number of benzene rings is 2. The molecule has 4 aromatic rings. The molecular formula is C25H24FN5O3S. The van der Waals surface area contributed by atoms with Gasteiger partial charge in [0.1, 0.15) is 17.3 Å². The molecule has 0 unspecified atom stereocenters. The van der Waals surface area contributed by atoms with Crippen LogP contribution in [0.15, 0.2) is 60.8 Å². The van der Waals surface area contributed by atoms with E-state index in [0.29, 0.717) is 47.1 Å². The fraction of sp³-hybridized carbons (Fsp3) is 0.160. The van der Waals surface area contributed by atoms with Crippen LogP contribution in [0.5, 0.6) is 11.5 Å². The molecule has 0 fully saturated rings. The number of pyridine rings is 1. The van der Waals surface area contributed by atoms with Crippen LogP contribution in [0.1, 0.15) is 21.7 Å². The molecule has 2 aromatic carbocycles. The number of ether oxygens (including phenoxy) is 1. The number of hydrogen-bond acceptors (Lipinski definition) is 6. The van der Waals surface area contributed by atoms with E-state index in [-0.39, 0.29) is 11.6 Å². The Morgan fingerprint density at radius 2 is 1.89 bits per heavy atom. The second kappa shape index (κ2) is 10.9. The molecule has 3 amide bonds. The maximum Gasteiger partial charge on any atom is 0.323 e. The molecule has 4 rings (SSSR count). The van der Waals surface area contributed by atoms with E-state index in [1.54, 1.807) is 54.7 Å². The topological polar surface area (TPSA) is 118 Å². The standard InChI is InChI=1S/C25H24FN5O3S/c1-15-3-8-18(26)19(13-15)31-25(33)30-16-4-6-17(7-5-16)34-21-9-12-28-20-14-22(35-23(20)21)24(32)29-11-2-10-27/h3-9,12-14H,2,10-11,27H2,1H3,(H,29,32)(H2,30,31,33). The summed E-state index contributed by atoms with van der Waals surface area (Å²) in [6.07, 6.45) is 2.32. The summed E-state index contributed by atoms with van der Waals surface area (Å²) >= 11 is 1.30. The van der Waals surface area contributed by atoms with Crippen molar-refractivity contribution in [3.8, 4) is 11.5 Å². The zero-order chi connectivity index (χ0) is 24.8. The summed E-state index contributed by atoms with van der Waals surface area (Å²) in [5.41, 5.74) is 7.58. The molecular weight excluding hydrogens is 469 g/mol. The van der Waals surface area contributed by atoms with Crippen LogP contribution >= 0.6 is 11.3 Å². The SMILES string of the molecule is Cc1ccc(F)c(NC(=O)Nc2ccc(Oc3ccnc4cc(C(=O)NCCCN)sc34)cc2)c1. The molecule has 0 aliphatic heterocycles. The van der Waals surface area contributed by atoms with E-state index in [1.807, 2.05) is 6.92 Å². The van der Waals surface area contributed by atoms with Crippen LogP contribution in [0.25, 0.3) is 10.2 Å². The fourth-order valence-corrected chi connectivity index (χ4v) is 4.23. The molecule has 8 nitrogen and oxygen atoms in total. The van der Waals surface area contributed by atoms with Crippen molar-refractivity contribution in [2.24, 2.45) is 5.73 Å². The first-order valence-electron chi connectivity index (χ1n) is 10.9. The zero-order valence-electron chi connectivity index (χ0n) is 18.9. The van der Waals surface area contributed by atoms with Gasteiger partial charge in [-0.05, 0) is 67.9 Å². The van der Waals surface area contributed by atoms with Crippen LogP contribution in [0.3, 0.4) is 0 Å². The Morgan fingerprint density at radius 1 is 1.09 bits per heavy atom. The van der Waals surface area contributed by atoms with Gasteiger partial charge in [-0.3, -0.25) is 9.78 Å². The third-order valence-corrected chi connectivity index (χ3v) is 6.11. The Labute approximate surface area is 205 Å². The first-order chi connectivity index (χ1) is 16.9. The zero-order valence-corrected chi connectivity index (χ0v) is 19.7. The van der Waals surface area contributed by atoms with Crippen LogP contribution in [0.2, 0.25) is 0 Å². The molecule has 35 heavy (non-hydrogen) atoms. The molecule has 0 saturated carbocycles. The number of nitrogens with zero attached hydrogens (tertiary/aromatic N) is 1. The molecule has 0 saturated heterocycles. The number of urea groups is 1. The Morgan fingerprint density at radius 3 is 2.66 bits per heavy atom. The molecule has 0 aliphatic carbocycles. The van der Waals surface area contributed by atoms with Gasteiger partial charge >= 0.3 is 6.03 Å². The van der Waals surface area contributed by atoms with Gasteiger partial charge in [-0.15, -0.1) is 11.3 Å². The lowest BCUT2D eigenvalue weighted by Gasteiger charge is -2.10. The molecule has 0 bridgehead atoms. The molecule has 10 heteroatoms. The van der Waals surface area contributed by atoms with Gasteiger partial charge in [0.15, 0.2) is 0 Å². The minimum absolute atomic E-state index is 0.104. The molecule has 2 heterocycles.